The summed E-state index contributed by atoms with van der Waals surface area (Å²) in [4.78, 5) is 32.0. The molecule has 0 aromatic heterocycles. The van der Waals surface area contributed by atoms with Crippen LogP contribution >= 0.6 is 0 Å². The summed E-state index contributed by atoms with van der Waals surface area (Å²) in [7, 11) is 4.05. The molecule has 0 unspecified atom stereocenters. The Morgan fingerprint density at radius 1 is 1.19 bits per heavy atom. The minimum absolute atomic E-state index is 0.0165. The first-order chi connectivity index (χ1) is 14.9. The van der Waals surface area contributed by atoms with Crippen LogP contribution in [0.4, 0.5) is 4.79 Å². The number of ketones is 1. The number of amides is 2. The van der Waals surface area contributed by atoms with Crippen LogP contribution in [0.3, 0.4) is 0 Å². The van der Waals surface area contributed by atoms with Crippen molar-refractivity contribution in [1.29, 1.82) is 0 Å². The molecule has 2 amide bonds. The average Bonchev–Trinajstić information content (AvgIpc) is 2.73. The minimum Gasteiger partial charge on any atom is -0.334 e. The third-order valence-electron chi connectivity index (χ3n) is 6.51. The summed E-state index contributed by atoms with van der Waals surface area (Å²) in [6.45, 7) is 10.1. The van der Waals surface area contributed by atoms with Gasteiger partial charge in [0.2, 0.25) is 0 Å². The van der Waals surface area contributed by atoms with E-state index in [1.54, 1.807) is 0 Å². The van der Waals surface area contributed by atoms with Gasteiger partial charge in [0.05, 0.1) is 0 Å². The molecule has 1 N–H and O–H groups in total. The maximum Gasteiger partial charge on any atom is 0.318 e. The monoisotopic (exact) mass is 426 g/mol. The van der Waals surface area contributed by atoms with Crippen molar-refractivity contribution in [3.8, 4) is 0 Å². The molecule has 6 nitrogen and oxygen atoms in total. The summed E-state index contributed by atoms with van der Waals surface area (Å²) in [6, 6.07) is 10.6. The highest BCUT2D eigenvalue weighted by Crippen LogP contribution is 2.35. The molecule has 0 bridgehead atoms. The number of piperidine rings is 1. The van der Waals surface area contributed by atoms with Crippen molar-refractivity contribution in [2.24, 2.45) is 5.92 Å². The number of hydrogen-bond acceptors (Lipinski definition) is 4. The fraction of sp³-hybridized carbons (Fsp3) is 0.600. The Labute approximate surface area is 187 Å². The standard InChI is InChI=1S/C25H38N4O2/c1-5-11-28-18-22(15-21-16-24(30)19(2)14-23(21)28)26-25(31)29(13-12-27(3)4)17-20-9-7-6-8-10-20/h6-10,21-23H,2,5,11-18H2,1,3-4H3,(H,26,31)/t21-,22+,23-/m1/s1. The Bertz CT molecular complexity index is 764. The van der Waals surface area contributed by atoms with Crippen LogP contribution in [0.15, 0.2) is 42.5 Å². The lowest BCUT2D eigenvalue weighted by atomic mass is 9.74. The van der Waals surface area contributed by atoms with Gasteiger partial charge in [0.15, 0.2) is 5.78 Å². The topological polar surface area (TPSA) is 55.9 Å². The highest BCUT2D eigenvalue weighted by molar-refractivity contribution is 5.95. The molecule has 170 valence electrons. The number of nitrogens with zero attached hydrogens (tertiary/aromatic N) is 3. The molecule has 31 heavy (non-hydrogen) atoms. The molecule has 1 aromatic rings. The predicted molar refractivity (Wildman–Crippen MR) is 125 cm³/mol. The van der Waals surface area contributed by atoms with Gasteiger partial charge in [-0.25, -0.2) is 4.79 Å². The molecule has 1 aliphatic carbocycles. The van der Waals surface area contributed by atoms with Gasteiger partial charge in [-0.3, -0.25) is 9.69 Å². The van der Waals surface area contributed by atoms with Crippen molar-refractivity contribution in [3.05, 3.63) is 48.0 Å². The molecule has 1 saturated heterocycles. The number of carbonyl (C=O) groups is 2. The first-order valence-corrected chi connectivity index (χ1v) is 11.6. The Hall–Kier alpha value is -2.18. The Morgan fingerprint density at radius 3 is 2.61 bits per heavy atom. The van der Waals surface area contributed by atoms with E-state index in [0.717, 1.165) is 50.0 Å². The summed E-state index contributed by atoms with van der Waals surface area (Å²) in [5.74, 6) is 0.495. The second-order valence-corrected chi connectivity index (χ2v) is 9.35. The van der Waals surface area contributed by atoms with E-state index in [4.69, 9.17) is 0 Å². The third kappa shape index (κ3) is 6.40. The summed E-state index contributed by atoms with van der Waals surface area (Å²) in [5, 5.41) is 3.30. The molecule has 1 aromatic carbocycles. The molecule has 2 fully saturated rings. The molecule has 3 atom stereocenters. The number of benzene rings is 1. The number of Topliss-reactive ketones (excluding diaryl/α,β-unsaturated/α-hetero) is 1. The van der Waals surface area contributed by atoms with Crippen LogP contribution in [0.25, 0.3) is 0 Å². The van der Waals surface area contributed by atoms with E-state index in [9.17, 15) is 9.59 Å². The van der Waals surface area contributed by atoms with E-state index in [1.165, 1.54) is 0 Å². The van der Waals surface area contributed by atoms with Crippen LogP contribution in [-0.2, 0) is 11.3 Å². The summed E-state index contributed by atoms with van der Waals surface area (Å²) in [5.41, 5.74) is 1.90. The molecule has 1 heterocycles. The number of hydrogen-bond donors (Lipinski definition) is 1. The van der Waals surface area contributed by atoms with Crippen molar-refractivity contribution in [2.75, 3.05) is 40.3 Å². The normalized spacial score (nSPS) is 24.2. The number of likely N-dealkylation sites (N-methyl/N-ethyl adjacent to an activating group) is 1. The van der Waals surface area contributed by atoms with Crippen molar-refractivity contribution in [1.82, 2.24) is 20.0 Å². The van der Waals surface area contributed by atoms with Crippen LogP contribution < -0.4 is 5.32 Å². The second-order valence-electron chi connectivity index (χ2n) is 9.35. The zero-order valence-corrected chi connectivity index (χ0v) is 19.3. The maximum atomic E-state index is 13.3. The van der Waals surface area contributed by atoms with E-state index in [-0.39, 0.29) is 17.9 Å². The Balaban J connectivity index is 1.68. The van der Waals surface area contributed by atoms with Gasteiger partial charge < -0.3 is 15.1 Å². The quantitative estimate of drug-likeness (QED) is 0.649. The van der Waals surface area contributed by atoms with Gasteiger partial charge in [-0.15, -0.1) is 0 Å². The zero-order chi connectivity index (χ0) is 22.4. The van der Waals surface area contributed by atoms with E-state index in [1.807, 2.05) is 37.2 Å². The zero-order valence-electron chi connectivity index (χ0n) is 19.3. The highest BCUT2D eigenvalue weighted by atomic mass is 16.2. The van der Waals surface area contributed by atoms with Crippen molar-refractivity contribution in [3.63, 3.8) is 0 Å². The first-order valence-electron chi connectivity index (χ1n) is 11.6. The highest BCUT2D eigenvalue weighted by Gasteiger charge is 2.41. The molecule has 1 saturated carbocycles. The van der Waals surface area contributed by atoms with Gasteiger partial charge in [-0.2, -0.15) is 0 Å². The van der Waals surface area contributed by atoms with E-state index in [0.29, 0.717) is 31.5 Å². The fourth-order valence-corrected chi connectivity index (χ4v) is 4.87. The predicted octanol–water partition coefficient (Wildman–Crippen LogP) is 3.15. The summed E-state index contributed by atoms with van der Waals surface area (Å²) < 4.78 is 0. The third-order valence-corrected chi connectivity index (χ3v) is 6.51. The van der Waals surface area contributed by atoms with Crippen molar-refractivity contribution < 1.29 is 9.59 Å². The number of urea groups is 1. The van der Waals surface area contributed by atoms with Gasteiger partial charge in [0.25, 0.3) is 0 Å². The van der Waals surface area contributed by atoms with Gasteiger partial charge in [0.1, 0.15) is 0 Å². The molecular weight excluding hydrogens is 388 g/mol. The Kier molecular flexibility index (Phi) is 8.27. The van der Waals surface area contributed by atoms with Crippen LogP contribution in [0, 0.1) is 5.92 Å². The number of rotatable bonds is 8. The van der Waals surface area contributed by atoms with Crippen molar-refractivity contribution in [2.45, 2.75) is 51.2 Å². The number of likely N-dealkylation sites (tertiary alicyclic amines) is 1. The largest absolute Gasteiger partial charge is 0.334 e. The van der Waals surface area contributed by atoms with E-state index in [2.05, 4.69) is 40.8 Å². The van der Waals surface area contributed by atoms with Crippen LogP contribution in [0.1, 0.15) is 38.2 Å². The lowest BCUT2D eigenvalue weighted by Gasteiger charge is -2.47. The van der Waals surface area contributed by atoms with Crippen LogP contribution in [0.5, 0.6) is 0 Å². The number of nitrogens with one attached hydrogen (secondary N) is 1. The smallest absolute Gasteiger partial charge is 0.318 e. The lowest BCUT2D eigenvalue weighted by Crippen LogP contribution is -2.59. The van der Waals surface area contributed by atoms with Crippen molar-refractivity contribution >= 4 is 11.8 Å². The molecule has 2 aliphatic rings. The molecule has 1 aliphatic heterocycles. The van der Waals surface area contributed by atoms with Crippen LogP contribution in [-0.4, -0.2) is 78.9 Å². The summed E-state index contributed by atoms with van der Waals surface area (Å²) >= 11 is 0. The molecule has 0 radical (unpaired) electrons. The van der Waals surface area contributed by atoms with E-state index < -0.39 is 0 Å². The molecule has 3 rings (SSSR count). The molecule has 6 heteroatoms. The van der Waals surface area contributed by atoms with Gasteiger partial charge >= 0.3 is 6.03 Å². The number of carbonyl (C=O) groups excluding carboxylic acids is 2. The lowest BCUT2D eigenvalue weighted by molar-refractivity contribution is -0.119. The van der Waals surface area contributed by atoms with Gasteiger partial charge in [0, 0.05) is 44.7 Å². The minimum atomic E-state index is -0.0165. The van der Waals surface area contributed by atoms with E-state index >= 15 is 0 Å². The maximum absolute atomic E-state index is 13.3. The second kappa shape index (κ2) is 10.9. The Morgan fingerprint density at radius 2 is 1.94 bits per heavy atom. The van der Waals surface area contributed by atoms with Gasteiger partial charge in [-0.05, 0) is 57.0 Å². The first kappa shape index (κ1) is 23.5. The average molecular weight is 427 g/mol. The molecular formula is C25H38N4O2. The summed E-state index contributed by atoms with van der Waals surface area (Å²) in [6.07, 6.45) is 3.26. The molecule has 0 spiro atoms. The fourth-order valence-electron chi connectivity index (χ4n) is 4.87. The SMILES string of the molecule is C=C1C[C@@H]2[C@@H](CC1=O)C[C@H](NC(=O)N(CCN(C)C)Cc1ccccc1)CN2CCC. The number of fused-ring (bicyclic) bond motifs is 1. The van der Waals surface area contributed by atoms with Gasteiger partial charge in [-0.1, -0.05) is 43.8 Å². The van der Waals surface area contributed by atoms with Crippen LogP contribution in [0.2, 0.25) is 0 Å².